The largest absolute Gasteiger partial charge is 0.497 e. The molecule has 1 aliphatic rings. The summed E-state index contributed by atoms with van der Waals surface area (Å²) in [7, 11) is 1.51. The first-order valence-corrected chi connectivity index (χ1v) is 10.0. The van der Waals surface area contributed by atoms with E-state index in [1.807, 2.05) is 0 Å². The molecule has 1 heterocycles. The number of imide groups is 1. The van der Waals surface area contributed by atoms with E-state index in [0.29, 0.717) is 22.6 Å². The van der Waals surface area contributed by atoms with Gasteiger partial charge in [0.1, 0.15) is 17.8 Å². The molecule has 168 valence electrons. The molecule has 0 spiro atoms. The molecule has 0 saturated carbocycles. The second kappa shape index (κ2) is 9.09. The fourth-order valence-corrected chi connectivity index (χ4v) is 3.29. The number of urea groups is 1. The number of amides is 4. The highest BCUT2D eigenvalue weighted by Crippen LogP contribution is 2.30. The number of methoxy groups -OCH3 is 1. The summed E-state index contributed by atoms with van der Waals surface area (Å²) in [5, 5.41) is 5.27. The lowest BCUT2D eigenvalue weighted by Crippen LogP contribution is -2.42. The van der Waals surface area contributed by atoms with Crippen LogP contribution in [0.3, 0.4) is 0 Å². The number of benzene rings is 2. The normalized spacial score (nSPS) is 17.8. The summed E-state index contributed by atoms with van der Waals surface area (Å²) in [6.45, 7) is 4.62. The van der Waals surface area contributed by atoms with Crippen LogP contribution in [0.25, 0.3) is 0 Å². The van der Waals surface area contributed by atoms with Crippen LogP contribution >= 0.6 is 0 Å². The fraction of sp³-hybridized carbons (Fsp3) is 0.304. The highest BCUT2D eigenvalue weighted by molar-refractivity contribution is 6.10. The molecule has 9 heteroatoms. The van der Waals surface area contributed by atoms with Crippen molar-refractivity contribution >= 4 is 29.5 Å². The van der Waals surface area contributed by atoms with E-state index >= 15 is 0 Å². The molecule has 2 aromatic carbocycles. The van der Waals surface area contributed by atoms with Gasteiger partial charge in [0.2, 0.25) is 5.91 Å². The summed E-state index contributed by atoms with van der Waals surface area (Å²) in [5.74, 6) is -1.02. The topological polar surface area (TPSA) is 114 Å². The van der Waals surface area contributed by atoms with E-state index in [2.05, 4.69) is 10.6 Å². The third-order valence-electron chi connectivity index (χ3n) is 4.97. The molecular weight excluding hydrogens is 414 g/mol. The first-order chi connectivity index (χ1) is 15.1. The maximum atomic E-state index is 13.0. The van der Waals surface area contributed by atoms with Crippen LogP contribution < -0.4 is 15.4 Å². The SMILES string of the molecule is COc1cccc([C@]2(C)NC(=O)N(CC(=O)Nc3ccc(C(=O)OC(C)C)cc3)C2=O)c1. The maximum absolute atomic E-state index is 13.0. The molecule has 2 N–H and O–H groups in total. The van der Waals surface area contributed by atoms with E-state index in [4.69, 9.17) is 9.47 Å². The summed E-state index contributed by atoms with van der Waals surface area (Å²) in [4.78, 5) is 50.7. The van der Waals surface area contributed by atoms with E-state index in [1.54, 1.807) is 57.2 Å². The molecule has 0 bridgehead atoms. The van der Waals surface area contributed by atoms with Gasteiger partial charge in [0.25, 0.3) is 5.91 Å². The second-order valence-electron chi connectivity index (χ2n) is 7.76. The Bertz CT molecular complexity index is 1050. The minimum Gasteiger partial charge on any atom is -0.497 e. The van der Waals surface area contributed by atoms with Crippen molar-refractivity contribution in [1.82, 2.24) is 10.2 Å². The number of nitrogens with one attached hydrogen (secondary N) is 2. The average Bonchev–Trinajstić information content (AvgIpc) is 2.97. The van der Waals surface area contributed by atoms with Crippen LogP contribution in [-0.2, 0) is 19.9 Å². The van der Waals surface area contributed by atoms with Gasteiger partial charge in [-0.1, -0.05) is 12.1 Å². The van der Waals surface area contributed by atoms with Crippen LogP contribution in [-0.4, -0.2) is 48.5 Å². The summed E-state index contributed by atoms with van der Waals surface area (Å²) in [5.41, 5.74) is -0.00909. The van der Waals surface area contributed by atoms with Crippen LogP contribution in [0.2, 0.25) is 0 Å². The lowest BCUT2D eigenvalue weighted by Gasteiger charge is -2.22. The predicted molar refractivity (Wildman–Crippen MR) is 116 cm³/mol. The van der Waals surface area contributed by atoms with Gasteiger partial charge in [0, 0.05) is 5.69 Å². The molecule has 0 radical (unpaired) electrons. The standard InChI is InChI=1S/C23H25N3O6/c1-14(2)32-20(28)15-8-10-17(11-9-15)24-19(27)13-26-21(29)23(3,25-22(26)30)16-6-5-7-18(12-16)31-4/h5-12,14H,13H2,1-4H3,(H,24,27)(H,25,30)/t23-/m0/s1. The highest BCUT2D eigenvalue weighted by Gasteiger charge is 2.49. The number of carbonyl (C=O) groups excluding carboxylic acids is 4. The van der Waals surface area contributed by atoms with Gasteiger partial charge < -0.3 is 20.1 Å². The Balaban J connectivity index is 1.67. The van der Waals surface area contributed by atoms with Crippen molar-refractivity contribution < 1.29 is 28.7 Å². The summed E-state index contributed by atoms with van der Waals surface area (Å²) < 4.78 is 10.3. The number of ether oxygens (including phenoxy) is 2. The first-order valence-electron chi connectivity index (χ1n) is 10.0. The lowest BCUT2D eigenvalue weighted by atomic mass is 9.92. The molecule has 4 amide bonds. The molecule has 0 unspecified atom stereocenters. The lowest BCUT2D eigenvalue weighted by molar-refractivity contribution is -0.133. The van der Waals surface area contributed by atoms with Gasteiger partial charge >= 0.3 is 12.0 Å². The molecule has 1 aliphatic heterocycles. The van der Waals surface area contributed by atoms with E-state index in [0.717, 1.165) is 4.90 Å². The zero-order valence-electron chi connectivity index (χ0n) is 18.3. The number of hydrogen-bond donors (Lipinski definition) is 2. The van der Waals surface area contributed by atoms with Crippen LogP contribution in [0.1, 0.15) is 36.7 Å². The third kappa shape index (κ3) is 4.72. The Morgan fingerprint density at radius 3 is 2.44 bits per heavy atom. The Morgan fingerprint density at radius 1 is 1.12 bits per heavy atom. The summed E-state index contributed by atoms with van der Waals surface area (Å²) in [6.07, 6.45) is -0.242. The smallest absolute Gasteiger partial charge is 0.338 e. The number of rotatable bonds is 7. The Labute approximate surface area is 185 Å². The van der Waals surface area contributed by atoms with Gasteiger partial charge in [-0.3, -0.25) is 14.5 Å². The zero-order valence-corrected chi connectivity index (χ0v) is 18.3. The van der Waals surface area contributed by atoms with Gasteiger partial charge in [0.05, 0.1) is 18.8 Å². The van der Waals surface area contributed by atoms with Crippen LogP contribution in [0.4, 0.5) is 10.5 Å². The number of esters is 1. The van der Waals surface area contributed by atoms with Crippen molar-refractivity contribution in [1.29, 1.82) is 0 Å². The van der Waals surface area contributed by atoms with Gasteiger partial charge in [-0.05, 0) is 62.7 Å². The molecule has 0 aromatic heterocycles. The van der Waals surface area contributed by atoms with Crippen LogP contribution in [0.5, 0.6) is 5.75 Å². The fourth-order valence-electron chi connectivity index (χ4n) is 3.29. The Kier molecular flexibility index (Phi) is 6.47. The van der Waals surface area contributed by atoms with Crippen LogP contribution in [0, 0.1) is 0 Å². The maximum Gasteiger partial charge on any atom is 0.338 e. The molecule has 0 aliphatic carbocycles. The number of hydrogen-bond acceptors (Lipinski definition) is 6. The molecule has 32 heavy (non-hydrogen) atoms. The van der Waals surface area contributed by atoms with Crippen molar-refractivity contribution in [2.45, 2.75) is 32.4 Å². The third-order valence-corrected chi connectivity index (χ3v) is 4.97. The molecule has 2 aromatic rings. The van der Waals surface area contributed by atoms with Crippen molar-refractivity contribution in [2.75, 3.05) is 19.0 Å². The minimum absolute atomic E-state index is 0.242. The van der Waals surface area contributed by atoms with E-state index in [1.165, 1.54) is 19.2 Å². The molecule has 1 fully saturated rings. The Hall–Kier alpha value is -3.88. The molecule has 1 atom stereocenters. The predicted octanol–water partition coefficient (Wildman–Crippen LogP) is 2.67. The van der Waals surface area contributed by atoms with Gasteiger partial charge in [0.15, 0.2) is 0 Å². The molecular formula is C23H25N3O6. The average molecular weight is 439 g/mol. The monoisotopic (exact) mass is 439 g/mol. The quantitative estimate of drug-likeness (QED) is 0.506. The second-order valence-corrected chi connectivity index (χ2v) is 7.76. The van der Waals surface area contributed by atoms with Crippen molar-refractivity contribution in [3.63, 3.8) is 0 Å². The summed E-state index contributed by atoms with van der Waals surface area (Å²) >= 11 is 0. The highest BCUT2D eigenvalue weighted by atomic mass is 16.5. The molecule has 1 saturated heterocycles. The molecule has 3 rings (SSSR count). The van der Waals surface area contributed by atoms with Gasteiger partial charge in [-0.2, -0.15) is 0 Å². The number of nitrogens with zero attached hydrogens (tertiary/aromatic N) is 1. The minimum atomic E-state index is -1.32. The molecule has 9 nitrogen and oxygen atoms in total. The van der Waals surface area contributed by atoms with Crippen molar-refractivity contribution in [3.05, 3.63) is 59.7 Å². The van der Waals surface area contributed by atoms with E-state index in [-0.39, 0.29) is 6.10 Å². The summed E-state index contributed by atoms with van der Waals surface area (Å²) in [6, 6.07) is 12.3. The van der Waals surface area contributed by atoms with Gasteiger partial charge in [-0.15, -0.1) is 0 Å². The van der Waals surface area contributed by atoms with Crippen molar-refractivity contribution in [2.24, 2.45) is 0 Å². The number of anilines is 1. The zero-order chi connectivity index (χ0) is 23.5. The van der Waals surface area contributed by atoms with Crippen molar-refractivity contribution in [3.8, 4) is 5.75 Å². The Morgan fingerprint density at radius 2 is 1.81 bits per heavy atom. The van der Waals surface area contributed by atoms with E-state index < -0.39 is 35.9 Å². The van der Waals surface area contributed by atoms with E-state index in [9.17, 15) is 19.2 Å². The number of carbonyl (C=O) groups is 4. The van der Waals surface area contributed by atoms with Crippen LogP contribution in [0.15, 0.2) is 48.5 Å². The van der Waals surface area contributed by atoms with Gasteiger partial charge in [-0.25, -0.2) is 9.59 Å². The first kappa shape index (κ1) is 22.8.